The maximum Gasteiger partial charge on any atom is 0.154 e. The molecule has 5 rings (SSSR count). The average molecular weight is 411 g/mol. The summed E-state index contributed by atoms with van der Waals surface area (Å²) in [6, 6.07) is 15.5. The van der Waals surface area contributed by atoms with Gasteiger partial charge in [-0.1, -0.05) is 56.3 Å². The maximum absolute atomic E-state index is 5.04. The number of amidine groups is 2. The zero-order chi connectivity index (χ0) is 21.2. The molecule has 31 heavy (non-hydrogen) atoms. The molecule has 1 N–H and O–H groups in total. The highest BCUT2D eigenvalue weighted by Crippen LogP contribution is 2.29. The molecule has 3 aliphatic rings. The van der Waals surface area contributed by atoms with Crippen LogP contribution in [0, 0.1) is 5.92 Å². The number of benzene rings is 2. The summed E-state index contributed by atoms with van der Waals surface area (Å²) in [6.45, 7) is 6.35. The van der Waals surface area contributed by atoms with Crippen LogP contribution in [0.3, 0.4) is 0 Å². The first kappa shape index (κ1) is 19.8. The van der Waals surface area contributed by atoms with E-state index in [9.17, 15) is 0 Å². The molecule has 3 aliphatic heterocycles. The van der Waals surface area contributed by atoms with Crippen molar-refractivity contribution in [3.63, 3.8) is 0 Å². The first-order valence-electron chi connectivity index (χ1n) is 11.4. The van der Waals surface area contributed by atoms with Gasteiger partial charge in [0, 0.05) is 31.2 Å². The molecule has 3 heterocycles. The molecular weight excluding hydrogens is 380 g/mol. The van der Waals surface area contributed by atoms with Gasteiger partial charge in [0.05, 0.1) is 5.69 Å². The Hall–Kier alpha value is -3.14. The second-order valence-corrected chi connectivity index (χ2v) is 8.79. The third-order valence-corrected chi connectivity index (χ3v) is 6.41. The number of allylic oxidation sites excluding steroid dienone is 1. The van der Waals surface area contributed by atoms with E-state index in [1.807, 2.05) is 0 Å². The van der Waals surface area contributed by atoms with Crippen molar-refractivity contribution in [1.82, 2.24) is 4.90 Å². The third kappa shape index (κ3) is 4.34. The highest BCUT2D eigenvalue weighted by atomic mass is 15.2. The average Bonchev–Trinajstić information content (AvgIpc) is 3.22. The minimum absolute atomic E-state index is 0.413. The van der Waals surface area contributed by atoms with E-state index in [4.69, 9.17) is 9.98 Å². The lowest BCUT2D eigenvalue weighted by Crippen LogP contribution is -2.27. The molecule has 0 saturated carbocycles. The number of nitrogens with one attached hydrogen (secondary N) is 1. The molecule has 158 valence electrons. The molecule has 4 heteroatoms. The molecule has 0 saturated heterocycles. The fourth-order valence-corrected chi connectivity index (χ4v) is 4.46. The van der Waals surface area contributed by atoms with Gasteiger partial charge in [-0.25, -0.2) is 9.98 Å². The molecule has 0 aromatic heterocycles. The van der Waals surface area contributed by atoms with Crippen LogP contribution in [0.5, 0.6) is 0 Å². The van der Waals surface area contributed by atoms with Gasteiger partial charge in [0.2, 0.25) is 0 Å². The zero-order valence-electron chi connectivity index (χ0n) is 18.4. The normalized spacial score (nSPS) is 24.6. The summed E-state index contributed by atoms with van der Waals surface area (Å²) in [5.41, 5.74) is 6.14. The Kier molecular flexibility index (Phi) is 5.46. The quantitative estimate of drug-likeness (QED) is 0.628. The summed E-state index contributed by atoms with van der Waals surface area (Å²) in [5, 5.41) is 3.57. The van der Waals surface area contributed by atoms with E-state index in [1.54, 1.807) is 0 Å². The van der Waals surface area contributed by atoms with Crippen molar-refractivity contribution >= 4 is 29.1 Å². The number of hydrogen-bond donors (Lipinski definition) is 1. The number of fused-ring (bicyclic) bond motifs is 2. The summed E-state index contributed by atoms with van der Waals surface area (Å²) < 4.78 is 0. The highest BCUT2D eigenvalue weighted by molar-refractivity contribution is 6.04. The van der Waals surface area contributed by atoms with Crippen LogP contribution in [0.4, 0.5) is 11.4 Å². The molecule has 2 aromatic carbocycles. The second-order valence-electron chi connectivity index (χ2n) is 8.79. The second kappa shape index (κ2) is 8.54. The van der Waals surface area contributed by atoms with Gasteiger partial charge < -0.3 is 10.2 Å². The standard InChI is InChI=1S/C27H30N4/c1-3-23-11-10-20-16-24(12-13-25(20)28-23)29-26-14-8-19(2)9-15-27(30-26)31-17-21-6-4-5-7-22(21)18-31/h4-8,10-14,16,19,23,28H,3,9,15,17-18H2,1-2H3/b14-8-,29-26?,30-27?. The van der Waals surface area contributed by atoms with Crippen molar-refractivity contribution in [2.24, 2.45) is 15.9 Å². The van der Waals surface area contributed by atoms with Crippen molar-refractivity contribution in [3.8, 4) is 0 Å². The summed E-state index contributed by atoms with van der Waals surface area (Å²) in [4.78, 5) is 12.4. The summed E-state index contributed by atoms with van der Waals surface area (Å²) in [6.07, 6.45) is 11.9. The summed E-state index contributed by atoms with van der Waals surface area (Å²) in [7, 11) is 0. The van der Waals surface area contributed by atoms with E-state index >= 15 is 0 Å². The Labute approximate surface area is 185 Å². The Morgan fingerprint density at radius 1 is 1.06 bits per heavy atom. The number of aliphatic imine (C=N–C) groups is 2. The van der Waals surface area contributed by atoms with Crippen LogP contribution in [0.2, 0.25) is 0 Å². The van der Waals surface area contributed by atoms with Crippen molar-refractivity contribution < 1.29 is 0 Å². The van der Waals surface area contributed by atoms with Crippen molar-refractivity contribution in [1.29, 1.82) is 0 Å². The molecule has 0 fully saturated rings. The lowest BCUT2D eigenvalue weighted by molar-refractivity contribution is 0.431. The lowest BCUT2D eigenvalue weighted by Gasteiger charge is -2.23. The van der Waals surface area contributed by atoms with E-state index in [2.05, 4.69) is 90.8 Å². The molecule has 0 amide bonds. The Bertz CT molecular complexity index is 1070. The zero-order valence-corrected chi connectivity index (χ0v) is 18.4. The van der Waals surface area contributed by atoms with Gasteiger partial charge in [-0.05, 0) is 59.7 Å². The van der Waals surface area contributed by atoms with Gasteiger partial charge in [-0.2, -0.15) is 0 Å². The number of rotatable bonds is 2. The van der Waals surface area contributed by atoms with Gasteiger partial charge in [0.25, 0.3) is 0 Å². The molecular formula is C27H30N4. The molecule has 0 spiro atoms. The van der Waals surface area contributed by atoms with Crippen LogP contribution in [-0.2, 0) is 13.1 Å². The van der Waals surface area contributed by atoms with Gasteiger partial charge in [0.15, 0.2) is 5.84 Å². The van der Waals surface area contributed by atoms with Gasteiger partial charge in [-0.15, -0.1) is 0 Å². The van der Waals surface area contributed by atoms with Crippen molar-refractivity contribution in [3.05, 3.63) is 77.4 Å². The Morgan fingerprint density at radius 2 is 1.87 bits per heavy atom. The van der Waals surface area contributed by atoms with E-state index in [1.165, 1.54) is 22.4 Å². The molecule has 2 unspecified atom stereocenters. The molecule has 4 nitrogen and oxygen atoms in total. The van der Waals surface area contributed by atoms with Gasteiger partial charge in [-0.3, -0.25) is 0 Å². The van der Waals surface area contributed by atoms with E-state index in [0.29, 0.717) is 12.0 Å². The number of hydrogen-bond acceptors (Lipinski definition) is 3. The maximum atomic E-state index is 5.04. The minimum Gasteiger partial charge on any atom is -0.378 e. The number of nitrogens with zero attached hydrogens (tertiary/aromatic N) is 3. The van der Waals surface area contributed by atoms with Crippen LogP contribution in [0.15, 0.2) is 70.7 Å². The molecule has 0 bridgehead atoms. The lowest BCUT2D eigenvalue weighted by atomic mass is 10.0. The van der Waals surface area contributed by atoms with Crippen LogP contribution < -0.4 is 5.32 Å². The SMILES string of the molecule is CCC1C=Cc2cc(N=C3/C=C\C(C)CCC(N4Cc5ccccc5C4)=N3)ccc2N1. The van der Waals surface area contributed by atoms with E-state index in [0.717, 1.165) is 49.7 Å². The highest BCUT2D eigenvalue weighted by Gasteiger charge is 2.22. The van der Waals surface area contributed by atoms with E-state index < -0.39 is 0 Å². The minimum atomic E-state index is 0.413. The van der Waals surface area contributed by atoms with E-state index in [-0.39, 0.29) is 0 Å². The fraction of sp³-hybridized carbons (Fsp3) is 0.333. The summed E-state index contributed by atoms with van der Waals surface area (Å²) >= 11 is 0. The predicted molar refractivity (Wildman–Crippen MR) is 131 cm³/mol. The first-order valence-corrected chi connectivity index (χ1v) is 11.4. The summed E-state index contributed by atoms with van der Waals surface area (Å²) in [5.74, 6) is 2.45. The van der Waals surface area contributed by atoms with Gasteiger partial charge in [0.1, 0.15) is 5.84 Å². The van der Waals surface area contributed by atoms with Crippen molar-refractivity contribution in [2.45, 2.75) is 52.2 Å². The Balaban J connectivity index is 1.44. The first-order chi connectivity index (χ1) is 15.2. The molecule has 0 radical (unpaired) electrons. The number of anilines is 1. The molecule has 2 atom stereocenters. The topological polar surface area (TPSA) is 40.0 Å². The van der Waals surface area contributed by atoms with Gasteiger partial charge >= 0.3 is 0 Å². The van der Waals surface area contributed by atoms with Crippen LogP contribution in [0.1, 0.15) is 49.8 Å². The van der Waals surface area contributed by atoms with Crippen molar-refractivity contribution in [2.75, 3.05) is 5.32 Å². The van der Waals surface area contributed by atoms with Crippen LogP contribution in [-0.4, -0.2) is 22.6 Å². The smallest absolute Gasteiger partial charge is 0.154 e. The monoisotopic (exact) mass is 410 g/mol. The molecule has 2 aromatic rings. The van der Waals surface area contributed by atoms with Crippen LogP contribution in [0.25, 0.3) is 6.08 Å². The Morgan fingerprint density at radius 3 is 2.65 bits per heavy atom. The van der Waals surface area contributed by atoms with Crippen LogP contribution >= 0.6 is 0 Å². The largest absolute Gasteiger partial charge is 0.378 e. The third-order valence-electron chi connectivity index (χ3n) is 6.41. The fourth-order valence-electron chi connectivity index (χ4n) is 4.46. The predicted octanol–water partition coefficient (Wildman–Crippen LogP) is 6.33. The molecule has 0 aliphatic carbocycles.